The zero-order valence-electron chi connectivity index (χ0n) is 50.5. The maximum absolute atomic E-state index is 15.3. The van der Waals surface area contributed by atoms with Crippen molar-refractivity contribution in [2.75, 3.05) is 113 Å². The highest BCUT2D eigenvalue weighted by molar-refractivity contribution is 7.86. The summed E-state index contributed by atoms with van der Waals surface area (Å²) in [6.07, 6.45) is 3.16. The van der Waals surface area contributed by atoms with Crippen molar-refractivity contribution in [3.63, 3.8) is 0 Å². The van der Waals surface area contributed by atoms with Crippen molar-refractivity contribution in [1.82, 2.24) is 19.9 Å². The highest BCUT2D eigenvalue weighted by Gasteiger charge is 2.55. The highest BCUT2D eigenvalue weighted by atomic mass is 32.2. The van der Waals surface area contributed by atoms with Crippen LogP contribution in [0.5, 0.6) is 11.5 Å². The van der Waals surface area contributed by atoms with Gasteiger partial charge in [0.2, 0.25) is 0 Å². The molecule has 90 heavy (non-hydrogen) atoms. The summed E-state index contributed by atoms with van der Waals surface area (Å²) in [5, 5.41) is 18.7. The lowest BCUT2D eigenvalue weighted by Gasteiger charge is -2.37. The van der Waals surface area contributed by atoms with Gasteiger partial charge >= 0.3 is 35.8 Å². The first-order chi connectivity index (χ1) is 42.3. The Morgan fingerprint density at radius 2 is 0.711 bits per heavy atom. The first kappa shape index (κ1) is 72.5. The van der Waals surface area contributed by atoms with Crippen molar-refractivity contribution in [3.05, 3.63) is 81.6 Å². The number of hydrogen-bond donors (Lipinski definition) is 0. The predicted octanol–water partition coefficient (Wildman–Crippen LogP) is 2.31. The van der Waals surface area contributed by atoms with Crippen LogP contribution in [0.3, 0.4) is 0 Å². The summed E-state index contributed by atoms with van der Waals surface area (Å²) in [4.78, 5) is 93.7. The van der Waals surface area contributed by atoms with Gasteiger partial charge in [0.15, 0.2) is 0 Å². The smallest absolute Gasteiger partial charge is 0.315 e. The van der Waals surface area contributed by atoms with Gasteiger partial charge in [-0.3, -0.25) is 45.5 Å². The second-order valence-electron chi connectivity index (χ2n) is 19.7. The number of ether oxygens (including phenoxy) is 6. The first-order valence-electron chi connectivity index (χ1n) is 27.5. The summed E-state index contributed by atoms with van der Waals surface area (Å²) >= 11 is 0. The Morgan fingerprint density at radius 1 is 0.444 bits per heavy atom. The molecule has 0 amide bonds. The Bertz CT molecular complexity index is 3490. The summed E-state index contributed by atoms with van der Waals surface area (Å²) in [6, 6.07) is 11.4. The Hall–Kier alpha value is -6.56. The molecule has 2 aromatic heterocycles. The molecular formula is C52H68N8O24P2S4. The average molecular weight is 1380 g/mol. The van der Waals surface area contributed by atoms with Gasteiger partial charge in [-0.25, -0.2) is 9.34 Å². The van der Waals surface area contributed by atoms with Gasteiger partial charge in [0.25, 0.3) is 40.5 Å². The fraction of sp³-hybridized carbons (Fsp3) is 0.538. The Kier molecular flexibility index (Phi) is 25.5. The molecule has 2 aliphatic carbocycles. The van der Waals surface area contributed by atoms with Crippen LogP contribution in [-0.2, 0) is 105 Å². The Labute approximate surface area is 522 Å². The third kappa shape index (κ3) is 19.5. The van der Waals surface area contributed by atoms with Gasteiger partial charge in [-0.2, -0.15) is 43.9 Å². The van der Waals surface area contributed by atoms with Crippen LogP contribution in [0.15, 0.2) is 58.7 Å². The molecule has 38 heteroatoms. The van der Waals surface area contributed by atoms with Gasteiger partial charge in [-0.1, -0.05) is 24.3 Å². The molecule has 0 saturated heterocycles. The molecule has 4 aromatic rings. The van der Waals surface area contributed by atoms with Crippen LogP contribution in [-0.4, -0.2) is 205 Å². The van der Waals surface area contributed by atoms with Crippen molar-refractivity contribution in [2.24, 2.45) is 22.0 Å². The van der Waals surface area contributed by atoms with Gasteiger partial charge in [0, 0.05) is 51.9 Å². The second-order valence-corrected chi connectivity index (χ2v) is 29.8. The molecule has 0 aliphatic heterocycles. The van der Waals surface area contributed by atoms with Gasteiger partial charge in [-0.15, -0.1) is 19.9 Å². The minimum absolute atomic E-state index is 0.0572. The third-order valence-electron chi connectivity index (χ3n) is 13.1. The second kappa shape index (κ2) is 31.6. The van der Waals surface area contributed by atoms with E-state index in [2.05, 4.69) is 19.9 Å². The summed E-state index contributed by atoms with van der Waals surface area (Å²) in [5.41, 5.74) is -0.697. The molecule has 8 atom stereocenters. The van der Waals surface area contributed by atoms with Crippen LogP contribution in [0.1, 0.15) is 98.3 Å². The van der Waals surface area contributed by atoms with E-state index in [0.29, 0.717) is 0 Å². The lowest BCUT2D eigenvalue weighted by atomic mass is 9.68. The van der Waals surface area contributed by atoms with E-state index in [1.807, 2.05) is 0 Å². The van der Waals surface area contributed by atoms with Crippen molar-refractivity contribution in [3.8, 4) is 11.5 Å². The molecule has 0 radical (unpaired) electrons. The van der Waals surface area contributed by atoms with Crippen LogP contribution >= 0.6 is 15.7 Å². The molecule has 8 unspecified atom stereocenters. The molecule has 0 saturated carbocycles. The van der Waals surface area contributed by atoms with Crippen LogP contribution in [0.4, 0.5) is 0 Å². The summed E-state index contributed by atoms with van der Waals surface area (Å²) < 4.78 is 156. The summed E-state index contributed by atoms with van der Waals surface area (Å²) in [6.45, 7) is 3.59. The molecule has 2 aromatic carbocycles. The van der Waals surface area contributed by atoms with Crippen LogP contribution in [0.2, 0.25) is 0 Å². The van der Waals surface area contributed by atoms with E-state index in [0.717, 1.165) is 25.0 Å². The largest absolute Gasteiger partial charge is 0.465 e. The quantitative estimate of drug-likeness (QED) is 0.0229. The van der Waals surface area contributed by atoms with E-state index < -0.39 is 154 Å². The number of carbonyl (C=O) groups excluding carboxylic acids is 6. The molecule has 494 valence electrons. The lowest BCUT2D eigenvalue weighted by molar-refractivity contribution is -0.151. The summed E-state index contributed by atoms with van der Waals surface area (Å²) in [5.74, 6) is -14.9. The maximum atomic E-state index is 15.3. The van der Waals surface area contributed by atoms with Gasteiger partial charge < -0.3 is 28.4 Å². The number of nitrogens with zero attached hydrogens (tertiary/aromatic N) is 8. The molecule has 6 rings (SSSR count). The van der Waals surface area contributed by atoms with Crippen molar-refractivity contribution >= 4 is 103 Å². The molecule has 32 nitrogen and oxygen atoms in total. The van der Waals surface area contributed by atoms with Gasteiger partial charge in [0.1, 0.15) is 35.2 Å². The van der Waals surface area contributed by atoms with E-state index in [1.54, 1.807) is 0 Å². The lowest BCUT2D eigenvalue weighted by Crippen LogP contribution is -2.44. The fourth-order valence-corrected chi connectivity index (χ4v) is 15.4. The van der Waals surface area contributed by atoms with E-state index >= 15 is 9.59 Å². The number of benzene rings is 2. The van der Waals surface area contributed by atoms with E-state index in [-0.39, 0.29) is 109 Å². The molecule has 0 spiro atoms. The van der Waals surface area contributed by atoms with Crippen molar-refractivity contribution in [2.45, 2.75) is 65.2 Å². The minimum Gasteiger partial charge on any atom is -0.465 e. The van der Waals surface area contributed by atoms with Crippen molar-refractivity contribution in [1.29, 1.82) is 0 Å². The maximum Gasteiger partial charge on any atom is 0.315 e. The minimum atomic E-state index is -4.13. The molecular weight excluding hydrogens is 1310 g/mol. The van der Waals surface area contributed by atoms with Gasteiger partial charge in [-0.05, 0) is 63.1 Å². The zero-order chi connectivity index (χ0) is 66.5. The number of fused-ring (bicyclic) bond motifs is 2. The van der Waals surface area contributed by atoms with Crippen molar-refractivity contribution < 1.29 is 108 Å². The molecule has 0 N–H and O–H groups in total. The average Bonchev–Trinajstić information content (AvgIpc) is 1.39. The van der Waals surface area contributed by atoms with Crippen LogP contribution in [0, 0.1) is 11.8 Å². The SMILES string of the molecule is CCOC(=O)C1C(=NN=C2c3c(nnp3N(CCOS(C)(=O)=O)CCOS(C)(=O)=O)C(C(=O)OCC)C(c3ccc(OC(C)=O)cc3)C2C(=O)OCC)c2c(nnp2N(CCOS(C)(=O)=O)CCOS(C)(=O)=O)C(C(=O)OCC)C1c1ccc(OC(C)=O)cc1. The highest BCUT2D eigenvalue weighted by Crippen LogP contribution is 2.54. The molecule has 0 fully saturated rings. The number of hydrogen-bond acceptors (Lipinski definition) is 32. The van der Waals surface area contributed by atoms with Crippen LogP contribution in [0.25, 0.3) is 0 Å². The number of carbonyl (C=O) groups is 6. The van der Waals surface area contributed by atoms with Gasteiger partial charge in [0.05, 0.1) is 127 Å². The molecule has 2 heterocycles. The molecule has 2 aliphatic rings. The van der Waals surface area contributed by atoms with E-state index in [4.69, 9.17) is 55.4 Å². The third-order valence-corrected chi connectivity index (χ3v) is 19.5. The predicted molar refractivity (Wildman–Crippen MR) is 322 cm³/mol. The van der Waals surface area contributed by atoms with E-state index in [1.165, 1.54) is 99.4 Å². The van der Waals surface area contributed by atoms with Crippen LogP contribution < -0.4 is 18.8 Å². The Morgan fingerprint density at radius 3 is 0.956 bits per heavy atom. The standard InChI is InChI=1S/C52H68N8O24P2S4/c1-11-75-49(63)39-37(33-15-19-35(20-16-33)83-31(5)61)41(51(65)77-13-3)45-47(85(57-55-45)59(23-27-79-87(7,67)68)24-28-80-88(8,69)70)43(39)53-54-44-40(50(64)76-12-2)38(34-17-21-36(22-18-34)84-32(6)62)42(52(66)78-14-4)46-48(44)86(58-56-46)60(25-29-81-89(9,71)72)26-30-82-90(10,73)74/h15-22,37-42H,11-14,23-30H2,1-10H3. The molecule has 0 bridgehead atoms. The van der Waals surface area contributed by atoms with E-state index in [9.17, 15) is 52.8 Å². The number of rotatable bonds is 31. The number of aromatic nitrogens is 4. The zero-order valence-corrected chi connectivity index (χ0v) is 55.5. The normalized spacial score (nSPS) is 19.9. The number of esters is 6. The monoisotopic (exact) mass is 1380 g/mol. The first-order valence-corrected chi connectivity index (χ1v) is 37.3. The Balaban J connectivity index is 1.85. The summed E-state index contributed by atoms with van der Waals surface area (Å²) in [7, 11) is -21.6. The fourth-order valence-electron chi connectivity index (χ4n) is 9.90. The topological polar surface area (TPSA) is 414 Å².